The van der Waals surface area contributed by atoms with E-state index in [1.165, 1.54) is 11.8 Å². The van der Waals surface area contributed by atoms with Gasteiger partial charge in [-0.2, -0.15) is 0 Å². The predicted molar refractivity (Wildman–Crippen MR) is 148 cm³/mol. The average molecular weight is 608 g/mol. The van der Waals surface area contributed by atoms with Gasteiger partial charge in [0.05, 0.1) is 20.6 Å². The van der Waals surface area contributed by atoms with Crippen molar-refractivity contribution < 1.29 is 24.2 Å². The summed E-state index contributed by atoms with van der Waals surface area (Å²) in [5.41, 5.74) is 1.78. The van der Waals surface area contributed by atoms with E-state index in [9.17, 15) is 14.7 Å². The lowest BCUT2D eigenvalue weighted by molar-refractivity contribution is -0.123. The number of carboxylic acids is 1. The van der Waals surface area contributed by atoms with Crippen LogP contribution in [0.4, 0.5) is 0 Å². The molecule has 1 aliphatic heterocycles. The standard InChI is InChI=1S/C26H29IN2O5S/c1-6-33-21-12-18(13-22-24(30)29(16(4)5)26(35-22)28-15(2)3)11-20(27)23(21)34-14-17-8-7-9-19(10-17)25(31)32/h7-13,15-16H,6,14H2,1-5H3,(H,31,32)/b22-13+,28-26?. The fraction of sp³-hybridized carbons (Fsp3) is 0.346. The number of carboxylic acid groups (broad SMARTS) is 1. The van der Waals surface area contributed by atoms with E-state index in [1.54, 1.807) is 23.1 Å². The van der Waals surface area contributed by atoms with E-state index in [-0.39, 0.29) is 30.2 Å². The minimum absolute atomic E-state index is 0.00734. The number of amidine groups is 1. The number of thioether (sulfide) groups is 1. The lowest BCUT2D eigenvalue weighted by Crippen LogP contribution is -2.35. The van der Waals surface area contributed by atoms with Crippen LogP contribution in [0.15, 0.2) is 46.3 Å². The molecule has 1 heterocycles. The van der Waals surface area contributed by atoms with Crippen LogP contribution in [-0.2, 0) is 11.4 Å². The number of ether oxygens (including phenoxy) is 2. The summed E-state index contributed by atoms with van der Waals surface area (Å²) in [4.78, 5) is 31.3. The van der Waals surface area contributed by atoms with Gasteiger partial charge in [-0.15, -0.1) is 0 Å². The second-order valence-electron chi connectivity index (χ2n) is 8.44. The van der Waals surface area contributed by atoms with Gasteiger partial charge in [-0.25, -0.2) is 4.79 Å². The highest BCUT2D eigenvalue weighted by Gasteiger charge is 2.35. The molecule has 2 aromatic rings. The lowest BCUT2D eigenvalue weighted by Gasteiger charge is -2.20. The summed E-state index contributed by atoms with van der Waals surface area (Å²) in [7, 11) is 0. The van der Waals surface area contributed by atoms with E-state index in [0.717, 1.165) is 19.9 Å². The molecule has 1 fully saturated rings. The first-order valence-corrected chi connectivity index (χ1v) is 13.2. The monoisotopic (exact) mass is 608 g/mol. The van der Waals surface area contributed by atoms with Gasteiger partial charge in [-0.05, 0) is 110 Å². The zero-order valence-corrected chi connectivity index (χ0v) is 23.3. The minimum Gasteiger partial charge on any atom is -0.490 e. The van der Waals surface area contributed by atoms with Crippen LogP contribution < -0.4 is 9.47 Å². The molecule has 0 aromatic heterocycles. The van der Waals surface area contributed by atoms with E-state index in [0.29, 0.717) is 23.0 Å². The Balaban J connectivity index is 1.90. The van der Waals surface area contributed by atoms with Gasteiger partial charge in [-0.3, -0.25) is 14.7 Å². The summed E-state index contributed by atoms with van der Waals surface area (Å²) in [6, 6.07) is 10.5. The second-order valence-corrected chi connectivity index (χ2v) is 10.6. The maximum Gasteiger partial charge on any atom is 0.335 e. The summed E-state index contributed by atoms with van der Waals surface area (Å²) >= 11 is 3.57. The average Bonchev–Trinajstić information content (AvgIpc) is 3.07. The Kier molecular flexibility index (Phi) is 9.23. The lowest BCUT2D eigenvalue weighted by atomic mass is 10.1. The molecule has 0 radical (unpaired) electrons. The summed E-state index contributed by atoms with van der Waals surface area (Å²) in [5.74, 6) is 0.0984. The Morgan fingerprint density at radius 3 is 2.57 bits per heavy atom. The zero-order chi connectivity index (χ0) is 25.7. The first kappa shape index (κ1) is 27.1. The maximum absolute atomic E-state index is 13.1. The zero-order valence-electron chi connectivity index (χ0n) is 20.4. The third-order valence-electron chi connectivity index (χ3n) is 4.91. The number of benzene rings is 2. The molecule has 35 heavy (non-hydrogen) atoms. The number of hydrogen-bond donors (Lipinski definition) is 1. The third kappa shape index (κ3) is 6.78. The quantitative estimate of drug-likeness (QED) is 0.275. The molecule has 0 aliphatic carbocycles. The first-order valence-electron chi connectivity index (χ1n) is 11.3. The summed E-state index contributed by atoms with van der Waals surface area (Å²) in [5, 5.41) is 9.94. The maximum atomic E-state index is 13.1. The number of aliphatic imine (C=N–C) groups is 1. The number of halogens is 1. The Labute approximate surface area is 223 Å². The van der Waals surface area contributed by atoms with Gasteiger partial charge in [0.25, 0.3) is 5.91 Å². The second kappa shape index (κ2) is 11.9. The normalized spacial score (nSPS) is 16.1. The molecule has 9 heteroatoms. The molecule has 2 aromatic carbocycles. The minimum atomic E-state index is -0.981. The number of carbonyl (C=O) groups is 2. The summed E-state index contributed by atoms with van der Waals surface area (Å²) in [6.07, 6.45) is 1.86. The van der Waals surface area contributed by atoms with Crippen molar-refractivity contribution >= 4 is 57.5 Å². The molecule has 0 saturated carbocycles. The largest absolute Gasteiger partial charge is 0.490 e. The molecule has 1 aliphatic rings. The number of amides is 1. The smallest absolute Gasteiger partial charge is 0.335 e. The van der Waals surface area contributed by atoms with Crippen LogP contribution in [0.25, 0.3) is 6.08 Å². The Hall–Kier alpha value is -2.53. The van der Waals surface area contributed by atoms with Crippen molar-refractivity contribution in [3.05, 3.63) is 61.6 Å². The van der Waals surface area contributed by atoms with Crippen LogP contribution in [-0.4, -0.2) is 45.7 Å². The molecule has 0 atom stereocenters. The molecule has 7 nitrogen and oxygen atoms in total. The molecule has 0 unspecified atom stereocenters. The number of aromatic carboxylic acids is 1. The van der Waals surface area contributed by atoms with E-state index in [4.69, 9.17) is 9.47 Å². The van der Waals surface area contributed by atoms with Gasteiger partial charge in [0.15, 0.2) is 16.7 Å². The van der Waals surface area contributed by atoms with E-state index >= 15 is 0 Å². The van der Waals surface area contributed by atoms with Crippen LogP contribution in [0.3, 0.4) is 0 Å². The molecular weight excluding hydrogens is 579 g/mol. The number of nitrogens with zero attached hydrogens (tertiary/aromatic N) is 2. The van der Waals surface area contributed by atoms with Crippen LogP contribution in [0.2, 0.25) is 0 Å². The van der Waals surface area contributed by atoms with E-state index < -0.39 is 5.97 Å². The Bertz CT molecular complexity index is 1180. The van der Waals surface area contributed by atoms with E-state index in [1.807, 2.05) is 58.9 Å². The highest BCUT2D eigenvalue weighted by molar-refractivity contribution is 14.1. The molecule has 0 spiro atoms. The van der Waals surface area contributed by atoms with Gasteiger partial charge in [0.1, 0.15) is 6.61 Å². The third-order valence-corrected chi connectivity index (χ3v) is 6.71. The van der Waals surface area contributed by atoms with Crippen LogP contribution in [0.1, 0.15) is 56.1 Å². The van der Waals surface area contributed by atoms with E-state index in [2.05, 4.69) is 27.6 Å². The van der Waals surface area contributed by atoms with Gasteiger partial charge >= 0.3 is 5.97 Å². The molecule has 186 valence electrons. The number of hydrogen-bond acceptors (Lipinski definition) is 6. The highest BCUT2D eigenvalue weighted by Crippen LogP contribution is 2.38. The fourth-order valence-electron chi connectivity index (χ4n) is 3.43. The highest BCUT2D eigenvalue weighted by atomic mass is 127. The topological polar surface area (TPSA) is 88.4 Å². The fourth-order valence-corrected chi connectivity index (χ4v) is 5.44. The molecular formula is C26H29IN2O5S. The van der Waals surface area contributed by atoms with Crippen LogP contribution >= 0.6 is 34.4 Å². The van der Waals surface area contributed by atoms with Crippen LogP contribution in [0, 0.1) is 3.57 Å². The van der Waals surface area contributed by atoms with Crippen molar-refractivity contribution in [3.8, 4) is 11.5 Å². The van der Waals surface area contributed by atoms with Gasteiger partial charge < -0.3 is 14.6 Å². The molecule has 0 bridgehead atoms. The Morgan fingerprint density at radius 1 is 1.20 bits per heavy atom. The molecule has 1 N–H and O–H groups in total. The van der Waals surface area contributed by atoms with Crippen molar-refractivity contribution in [1.29, 1.82) is 0 Å². The number of carbonyl (C=O) groups excluding carboxylic acids is 1. The summed E-state index contributed by atoms with van der Waals surface area (Å²) in [6.45, 7) is 10.5. The number of rotatable bonds is 9. The summed E-state index contributed by atoms with van der Waals surface area (Å²) < 4.78 is 12.7. The first-order chi connectivity index (χ1) is 16.6. The van der Waals surface area contributed by atoms with Crippen molar-refractivity contribution in [2.24, 2.45) is 4.99 Å². The van der Waals surface area contributed by atoms with Crippen molar-refractivity contribution in [2.75, 3.05) is 6.61 Å². The predicted octanol–water partition coefficient (Wildman–Crippen LogP) is 6.06. The van der Waals surface area contributed by atoms with Gasteiger partial charge in [-0.1, -0.05) is 12.1 Å². The molecule has 1 saturated heterocycles. The SMILES string of the molecule is CCOc1cc(/C=C2/SC(=NC(C)C)N(C(C)C)C2=O)cc(I)c1OCc1cccc(C(=O)O)c1. The van der Waals surface area contributed by atoms with Gasteiger partial charge in [0.2, 0.25) is 0 Å². The van der Waals surface area contributed by atoms with Crippen LogP contribution in [0.5, 0.6) is 11.5 Å². The van der Waals surface area contributed by atoms with Gasteiger partial charge in [0, 0.05) is 12.1 Å². The molecule has 1 amide bonds. The Morgan fingerprint density at radius 2 is 1.94 bits per heavy atom. The van der Waals surface area contributed by atoms with Crippen molar-refractivity contribution in [3.63, 3.8) is 0 Å². The molecule has 3 rings (SSSR count). The van der Waals surface area contributed by atoms with Crippen molar-refractivity contribution in [1.82, 2.24) is 4.90 Å². The van der Waals surface area contributed by atoms with Crippen molar-refractivity contribution in [2.45, 2.75) is 53.3 Å².